The van der Waals surface area contributed by atoms with E-state index in [-0.39, 0.29) is 35.1 Å². The van der Waals surface area contributed by atoms with Crippen LogP contribution >= 0.6 is 11.6 Å². The van der Waals surface area contributed by atoms with Crippen LogP contribution in [-0.4, -0.2) is 66.3 Å². The lowest BCUT2D eigenvalue weighted by atomic mass is 9.79. The van der Waals surface area contributed by atoms with Gasteiger partial charge in [-0.1, -0.05) is 29.8 Å². The summed E-state index contributed by atoms with van der Waals surface area (Å²) in [5, 5.41) is 22.7. The van der Waals surface area contributed by atoms with Gasteiger partial charge in [-0.05, 0) is 49.5 Å². The number of aliphatic hydroxyl groups is 1. The van der Waals surface area contributed by atoms with Crippen LogP contribution in [0.1, 0.15) is 19.3 Å². The number of nitrogens with zero attached hydrogens (tertiary/aromatic N) is 2. The normalized spacial score (nSPS) is 26.9. The number of carbonyl (C=O) groups is 2. The molecule has 4 unspecified atom stereocenters. The Bertz CT molecular complexity index is 1210. The number of anilines is 1. The fraction of sp³-hybridized carbons (Fsp3) is 0.481. The molecule has 2 amide bonds. The first-order chi connectivity index (χ1) is 18.7. The van der Waals surface area contributed by atoms with Gasteiger partial charge >= 0.3 is 6.09 Å². The summed E-state index contributed by atoms with van der Waals surface area (Å²) in [4.78, 5) is 38.5. The fourth-order valence-electron chi connectivity index (χ4n) is 5.40. The first-order valence-electron chi connectivity index (χ1n) is 12.9. The van der Waals surface area contributed by atoms with Gasteiger partial charge in [-0.2, -0.15) is 5.10 Å². The summed E-state index contributed by atoms with van der Waals surface area (Å²) in [6.07, 6.45) is 9.78. The van der Waals surface area contributed by atoms with Crippen molar-refractivity contribution in [3.63, 3.8) is 0 Å². The van der Waals surface area contributed by atoms with E-state index in [4.69, 9.17) is 16.3 Å². The first kappa shape index (κ1) is 28.4. The second-order valence-electron chi connectivity index (χ2n) is 9.95. The molecule has 4 N–H and O–H groups in total. The van der Waals surface area contributed by atoms with Crippen LogP contribution in [0, 0.1) is 23.7 Å². The van der Waals surface area contributed by atoms with Crippen LogP contribution in [0.25, 0.3) is 0 Å². The molecule has 39 heavy (non-hydrogen) atoms. The molecule has 0 bridgehead atoms. The zero-order valence-corrected chi connectivity index (χ0v) is 22.3. The number of aliphatic hydroxyl groups excluding tert-OH is 1. The van der Waals surface area contributed by atoms with E-state index in [1.54, 1.807) is 18.2 Å². The van der Waals surface area contributed by atoms with E-state index in [2.05, 4.69) is 20.8 Å². The number of hydrogen-bond acceptors (Lipinski definition) is 7. The molecule has 4 rings (SSSR count). The smallest absolute Gasteiger partial charge is 0.407 e. The Morgan fingerprint density at radius 3 is 2.79 bits per heavy atom. The summed E-state index contributed by atoms with van der Waals surface area (Å²) in [5.41, 5.74) is -0.341. The van der Waals surface area contributed by atoms with Crippen LogP contribution in [-0.2, 0) is 9.53 Å². The third-order valence-electron chi connectivity index (χ3n) is 7.46. The van der Waals surface area contributed by atoms with Crippen LogP contribution in [0.2, 0.25) is 0 Å². The van der Waals surface area contributed by atoms with Gasteiger partial charge in [0, 0.05) is 48.6 Å². The van der Waals surface area contributed by atoms with Gasteiger partial charge in [0.1, 0.15) is 17.7 Å². The molecule has 0 radical (unpaired) electrons. The average Bonchev–Trinajstić information content (AvgIpc) is 3.36. The van der Waals surface area contributed by atoms with E-state index in [0.29, 0.717) is 49.7 Å². The number of aromatic nitrogens is 2. The summed E-state index contributed by atoms with van der Waals surface area (Å²) in [5.74, 6) is -1.34. The zero-order valence-electron chi connectivity index (χ0n) is 21.6. The summed E-state index contributed by atoms with van der Waals surface area (Å²) < 4.78 is 19.7. The fourth-order valence-corrected chi connectivity index (χ4v) is 5.56. The van der Waals surface area contributed by atoms with Gasteiger partial charge in [-0.15, -0.1) is 0 Å². The Labute approximate surface area is 230 Å². The molecule has 210 valence electrons. The topological polar surface area (TPSA) is 137 Å². The third-order valence-corrected chi connectivity index (χ3v) is 7.74. The molecule has 12 heteroatoms. The van der Waals surface area contributed by atoms with Crippen LogP contribution < -0.4 is 21.1 Å². The van der Waals surface area contributed by atoms with E-state index in [1.807, 2.05) is 17.1 Å². The predicted octanol–water partition coefficient (Wildman–Crippen LogP) is 3.11. The minimum absolute atomic E-state index is 0.0453. The number of amides is 2. The maximum absolute atomic E-state index is 14.9. The number of allylic oxidation sites excluding steroid dienone is 6. The molecule has 1 saturated heterocycles. The van der Waals surface area contributed by atoms with E-state index < -0.39 is 24.1 Å². The van der Waals surface area contributed by atoms with Gasteiger partial charge in [0.15, 0.2) is 0 Å². The second-order valence-corrected chi connectivity index (χ2v) is 10.4. The number of halogens is 2. The average molecular weight is 562 g/mol. The van der Waals surface area contributed by atoms with Crippen molar-refractivity contribution in [3.05, 3.63) is 69.7 Å². The molecule has 0 aromatic carbocycles. The first-order valence-corrected chi connectivity index (χ1v) is 13.3. The Hall–Kier alpha value is -3.60. The van der Waals surface area contributed by atoms with E-state index >= 15 is 0 Å². The highest BCUT2D eigenvalue weighted by Gasteiger charge is 2.44. The molecule has 3 aliphatic rings. The van der Waals surface area contributed by atoms with Gasteiger partial charge in [0.25, 0.3) is 5.56 Å². The monoisotopic (exact) mass is 561 g/mol. The lowest BCUT2D eigenvalue weighted by molar-refractivity contribution is -0.126. The molecule has 2 heterocycles. The minimum Gasteiger partial charge on any atom is -0.508 e. The summed E-state index contributed by atoms with van der Waals surface area (Å²) >= 11 is 6.03. The number of alkyl halides is 1. The van der Waals surface area contributed by atoms with Crippen molar-refractivity contribution >= 4 is 29.4 Å². The molecule has 2 aliphatic carbocycles. The molecule has 1 aromatic heterocycles. The molecule has 1 aliphatic heterocycles. The molecular weight excluding hydrogens is 529 g/mol. The summed E-state index contributed by atoms with van der Waals surface area (Å²) in [6, 6.07) is 2.72. The van der Waals surface area contributed by atoms with Crippen molar-refractivity contribution in [1.29, 1.82) is 0 Å². The number of hydrogen-bond donors (Lipinski definition) is 4. The van der Waals surface area contributed by atoms with E-state index in [0.717, 1.165) is 6.08 Å². The van der Waals surface area contributed by atoms with Crippen molar-refractivity contribution in [2.75, 3.05) is 31.6 Å². The number of alkyl carbamates (subject to hydrolysis) is 1. The second kappa shape index (κ2) is 13.0. The van der Waals surface area contributed by atoms with Crippen molar-refractivity contribution < 1.29 is 23.8 Å². The van der Waals surface area contributed by atoms with Gasteiger partial charge in [0.05, 0.1) is 13.0 Å². The number of rotatable bonds is 9. The van der Waals surface area contributed by atoms with Crippen LogP contribution in [0.15, 0.2) is 64.2 Å². The summed E-state index contributed by atoms with van der Waals surface area (Å²) in [7, 11) is 1.31. The minimum atomic E-state index is -1.44. The van der Waals surface area contributed by atoms with Gasteiger partial charge in [0.2, 0.25) is 5.91 Å². The van der Waals surface area contributed by atoms with Gasteiger partial charge in [-0.3, -0.25) is 9.59 Å². The van der Waals surface area contributed by atoms with Gasteiger partial charge in [-0.25, -0.2) is 14.3 Å². The van der Waals surface area contributed by atoms with E-state index in [9.17, 15) is 23.9 Å². The lowest BCUT2D eigenvalue weighted by Gasteiger charge is -2.28. The van der Waals surface area contributed by atoms with Crippen molar-refractivity contribution in [3.8, 4) is 0 Å². The van der Waals surface area contributed by atoms with Crippen LogP contribution in [0.4, 0.5) is 15.0 Å². The van der Waals surface area contributed by atoms with Gasteiger partial charge < -0.3 is 25.4 Å². The maximum Gasteiger partial charge on any atom is 0.407 e. The Kier molecular flexibility index (Phi) is 9.45. The standard InChI is InChI=1S/C27H33ClFN5O5/c1-39-27(38)31-23(16-4-6-17(28)7-5-16)3-2-12-30-26(37)21-15-34(24-10-11-25(36)33-32-24)14-20(21)19-9-8-18(35)13-22(19)29/h4,6-11,13,16,19-23,35H,2-3,5,12,14-15H2,1H3,(H,30,37)(H,31,38)(H,33,36)/t16?,19?,20-,21?,22?,23-/m0/s1. The van der Waals surface area contributed by atoms with Crippen LogP contribution in [0.3, 0.4) is 0 Å². The van der Waals surface area contributed by atoms with E-state index in [1.165, 1.54) is 19.3 Å². The lowest BCUT2D eigenvalue weighted by Crippen LogP contribution is -2.41. The number of ether oxygens (including phenoxy) is 1. The molecule has 1 aromatic rings. The molecular formula is C27H33ClFN5O5. The van der Waals surface area contributed by atoms with Crippen molar-refractivity contribution in [1.82, 2.24) is 20.8 Å². The Morgan fingerprint density at radius 2 is 2.13 bits per heavy atom. The number of nitrogens with one attached hydrogen (secondary N) is 3. The number of carbonyl (C=O) groups excluding carboxylic acids is 2. The molecule has 0 saturated carbocycles. The highest BCUT2D eigenvalue weighted by Crippen LogP contribution is 2.37. The van der Waals surface area contributed by atoms with Crippen molar-refractivity contribution in [2.45, 2.75) is 31.5 Å². The predicted molar refractivity (Wildman–Crippen MR) is 145 cm³/mol. The SMILES string of the molecule is COC(=O)N[C@@H](CCCNC(=O)C1CN(c2ccc(=O)[nH]n2)C[C@H]1C1C=CC(O)=CC1F)C1C=CC(Cl)=CC1. The molecule has 10 nitrogen and oxygen atoms in total. The number of H-pyrrole nitrogens is 1. The summed E-state index contributed by atoms with van der Waals surface area (Å²) in [6.45, 7) is 1.02. The maximum atomic E-state index is 14.9. The van der Waals surface area contributed by atoms with Crippen LogP contribution in [0.5, 0.6) is 0 Å². The number of aromatic amines is 1. The zero-order chi connectivity index (χ0) is 27.9. The Morgan fingerprint density at radius 1 is 1.31 bits per heavy atom. The molecule has 6 atom stereocenters. The largest absolute Gasteiger partial charge is 0.508 e. The molecule has 0 spiro atoms. The van der Waals surface area contributed by atoms with Crippen molar-refractivity contribution in [2.24, 2.45) is 23.7 Å². The highest BCUT2D eigenvalue weighted by atomic mass is 35.5. The quantitative estimate of drug-likeness (QED) is 0.340. The third kappa shape index (κ3) is 7.29. The number of methoxy groups -OCH3 is 1. The Balaban J connectivity index is 1.39. The molecule has 1 fully saturated rings. The highest BCUT2D eigenvalue weighted by molar-refractivity contribution is 6.31.